The lowest BCUT2D eigenvalue weighted by Crippen LogP contribution is -2.29. The Morgan fingerprint density at radius 3 is 1.81 bits per heavy atom. The van der Waals surface area contributed by atoms with E-state index < -0.39 is 11.9 Å². The summed E-state index contributed by atoms with van der Waals surface area (Å²) in [6.45, 7) is 5.91. The molecule has 0 aromatic heterocycles. The highest BCUT2D eigenvalue weighted by Crippen LogP contribution is 2.25. The predicted octanol–water partition coefficient (Wildman–Crippen LogP) is 3.27. The van der Waals surface area contributed by atoms with Crippen molar-refractivity contribution in [3.8, 4) is 0 Å². The number of rotatable bonds is 9. The number of hydrogen-bond donors (Lipinski definition) is 1. The second-order valence-electron chi connectivity index (χ2n) is 4.34. The van der Waals surface area contributed by atoms with Crippen LogP contribution < -0.4 is 0 Å². The summed E-state index contributed by atoms with van der Waals surface area (Å²) in [5.41, 5.74) is 0. The third-order valence-electron chi connectivity index (χ3n) is 2.91. The van der Waals surface area contributed by atoms with Gasteiger partial charge in [-0.15, -0.1) is 0 Å². The molecule has 2 unspecified atom stereocenters. The van der Waals surface area contributed by atoms with Gasteiger partial charge < -0.3 is 5.11 Å². The first-order valence-electron chi connectivity index (χ1n) is 6.33. The molecule has 0 fully saturated rings. The Bertz CT molecular complexity index is 223. The summed E-state index contributed by atoms with van der Waals surface area (Å²) in [5, 5.41) is 9.17. The fourth-order valence-corrected chi connectivity index (χ4v) is 2.14. The molecular formula is C13H24O3. The van der Waals surface area contributed by atoms with E-state index in [1.165, 1.54) is 0 Å². The molecule has 0 aliphatic heterocycles. The van der Waals surface area contributed by atoms with Crippen LogP contribution in [0.15, 0.2) is 0 Å². The number of carboxylic acid groups (broad SMARTS) is 1. The maximum atomic E-state index is 11.9. The molecule has 0 aromatic carbocycles. The molecule has 3 heteroatoms. The molecule has 0 bridgehead atoms. The Morgan fingerprint density at radius 2 is 1.44 bits per heavy atom. The SMILES string of the molecule is CCCC(=O)C(CCC)C(CCC)C(=O)O. The maximum absolute atomic E-state index is 11.9. The third-order valence-corrected chi connectivity index (χ3v) is 2.91. The van der Waals surface area contributed by atoms with Crippen LogP contribution in [0.2, 0.25) is 0 Å². The van der Waals surface area contributed by atoms with Crippen molar-refractivity contribution in [3.05, 3.63) is 0 Å². The van der Waals surface area contributed by atoms with Gasteiger partial charge in [-0.3, -0.25) is 9.59 Å². The van der Waals surface area contributed by atoms with Gasteiger partial charge in [0.1, 0.15) is 5.78 Å². The number of aliphatic carboxylic acids is 1. The topological polar surface area (TPSA) is 54.4 Å². The summed E-state index contributed by atoms with van der Waals surface area (Å²) >= 11 is 0. The van der Waals surface area contributed by atoms with Gasteiger partial charge in [-0.1, -0.05) is 33.6 Å². The summed E-state index contributed by atoms with van der Waals surface area (Å²) in [6.07, 6.45) is 4.31. The van der Waals surface area contributed by atoms with E-state index in [2.05, 4.69) is 0 Å². The predicted molar refractivity (Wildman–Crippen MR) is 64.3 cm³/mol. The molecule has 2 atom stereocenters. The van der Waals surface area contributed by atoms with Gasteiger partial charge in [0.15, 0.2) is 0 Å². The van der Waals surface area contributed by atoms with Crippen LogP contribution in [0.4, 0.5) is 0 Å². The van der Waals surface area contributed by atoms with Gasteiger partial charge in [0.05, 0.1) is 5.92 Å². The molecule has 94 valence electrons. The van der Waals surface area contributed by atoms with Crippen molar-refractivity contribution >= 4 is 11.8 Å². The first-order chi connectivity index (χ1) is 7.58. The molecule has 0 amide bonds. The van der Waals surface area contributed by atoms with Crippen LogP contribution >= 0.6 is 0 Å². The Balaban J connectivity index is 4.68. The first-order valence-corrected chi connectivity index (χ1v) is 6.33. The lowest BCUT2D eigenvalue weighted by molar-refractivity contribution is -0.147. The van der Waals surface area contributed by atoms with Crippen LogP contribution in [-0.4, -0.2) is 16.9 Å². The fourth-order valence-electron chi connectivity index (χ4n) is 2.14. The molecule has 0 saturated carbocycles. The van der Waals surface area contributed by atoms with Crippen molar-refractivity contribution in [1.29, 1.82) is 0 Å². The van der Waals surface area contributed by atoms with Crippen LogP contribution in [0.3, 0.4) is 0 Å². The second kappa shape index (κ2) is 8.31. The molecule has 0 aliphatic rings. The minimum Gasteiger partial charge on any atom is -0.481 e. The fraction of sp³-hybridized carbons (Fsp3) is 0.846. The molecule has 0 aromatic rings. The van der Waals surface area contributed by atoms with Crippen LogP contribution in [0.25, 0.3) is 0 Å². The van der Waals surface area contributed by atoms with Gasteiger partial charge in [-0.2, -0.15) is 0 Å². The molecule has 0 spiro atoms. The average Bonchev–Trinajstić information content (AvgIpc) is 2.23. The standard InChI is InChI=1S/C13H24O3/c1-4-7-10(12(14)9-6-3)11(8-5-2)13(15)16/h10-11H,4-9H2,1-3H3,(H,15,16). The number of ketones is 1. The van der Waals surface area contributed by atoms with Crippen LogP contribution in [-0.2, 0) is 9.59 Å². The largest absolute Gasteiger partial charge is 0.481 e. The zero-order valence-electron chi connectivity index (χ0n) is 10.7. The average molecular weight is 228 g/mol. The van der Waals surface area contributed by atoms with Gasteiger partial charge in [0, 0.05) is 12.3 Å². The maximum Gasteiger partial charge on any atom is 0.307 e. The van der Waals surface area contributed by atoms with Crippen molar-refractivity contribution in [2.24, 2.45) is 11.8 Å². The molecule has 0 rings (SSSR count). The van der Waals surface area contributed by atoms with E-state index in [1.54, 1.807) is 0 Å². The highest BCUT2D eigenvalue weighted by atomic mass is 16.4. The quantitative estimate of drug-likeness (QED) is 0.659. The summed E-state index contributed by atoms with van der Waals surface area (Å²) in [4.78, 5) is 23.1. The van der Waals surface area contributed by atoms with Gasteiger partial charge in [-0.05, 0) is 19.3 Å². The summed E-state index contributed by atoms with van der Waals surface area (Å²) in [5.74, 6) is -1.44. The van der Waals surface area contributed by atoms with Gasteiger partial charge >= 0.3 is 5.97 Å². The Hall–Kier alpha value is -0.860. The monoisotopic (exact) mass is 228 g/mol. The van der Waals surface area contributed by atoms with Crippen LogP contribution in [0.1, 0.15) is 59.3 Å². The van der Waals surface area contributed by atoms with Gasteiger partial charge in [0.2, 0.25) is 0 Å². The number of hydrogen-bond acceptors (Lipinski definition) is 2. The lowest BCUT2D eigenvalue weighted by atomic mass is 9.81. The van der Waals surface area contributed by atoms with Crippen molar-refractivity contribution < 1.29 is 14.7 Å². The molecule has 3 nitrogen and oxygen atoms in total. The van der Waals surface area contributed by atoms with E-state index in [1.807, 2.05) is 20.8 Å². The van der Waals surface area contributed by atoms with Crippen molar-refractivity contribution in [2.45, 2.75) is 59.3 Å². The molecule has 0 heterocycles. The Kier molecular flexibility index (Phi) is 7.86. The van der Waals surface area contributed by atoms with E-state index >= 15 is 0 Å². The third kappa shape index (κ3) is 4.77. The minimum atomic E-state index is -0.815. The molecule has 1 N–H and O–H groups in total. The lowest BCUT2D eigenvalue weighted by Gasteiger charge is -2.22. The number of Topliss-reactive ketones (excluding diaryl/α,β-unsaturated/α-hetero) is 1. The number of carbonyl (C=O) groups excluding carboxylic acids is 1. The van der Waals surface area contributed by atoms with Crippen molar-refractivity contribution in [2.75, 3.05) is 0 Å². The van der Waals surface area contributed by atoms with E-state index in [4.69, 9.17) is 5.11 Å². The zero-order valence-corrected chi connectivity index (χ0v) is 10.7. The first kappa shape index (κ1) is 15.1. The zero-order chi connectivity index (χ0) is 12.6. The number of carboxylic acids is 1. The summed E-state index contributed by atoms with van der Waals surface area (Å²) in [7, 11) is 0. The van der Waals surface area contributed by atoms with Crippen LogP contribution in [0.5, 0.6) is 0 Å². The Labute approximate surface area is 98.2 Å². The van der Waals surface area contributed by atoms with Crippen molar-refractivity contribution in [3.63, 3.8) is 0 Å². The van der Waals surface area contributed by atoms with E-state index in [9.17, 15) is 9.59 Å². The van der Waals surface area contributed by atoms with Gasteiger partial charge in [-0.25, -0.2) is 0 Å². The summed E-state index contributed by atoms with van der Waals surface area (Å²) in [6, 6.07) is 0. The molecule has 0 saturated heterocycles. The van der Waals surface area contributed by atoms with Crippen molar-refractivity contribution in [1.82, 2.24) is 0 Å². The van der Waals surface area contributed by atoms with Gasteiger partial charge in [0.25, 0.3) is 0 Å². The molecule has 0 aliphatic carbocycles. The van der Waals surface area contributed by atoms with Crippen LogP contribution in [0, 0.1) is 11.8 Å². The van der Waals surface area contributed by atoms with E-state index in [0.717, 1.165) is 19.3 Å². The molecule has 0 radical (unpaired) electrons. The highest BCUT2D eigenvalue weighted by Gasteiger charge is 2.31. The van der Waals surface area contributed by atoms with E-state index in [-0.39, 0.29) is 11.7 Å². The highest BCUT2D eigenvalue weighted by molar-refractivity contribution is 5.86. The molecule has 16 heavy (non-hydrogen) atoms. The normalized spacial score (nSPS) is 14.4. The number of carbonyl (C=O) groups is 2. The Morgan fingerprint density at radius 1 is 0.938 bits per heavy atom. The second-order valence-corrected chi connectivity index (χ2v) is 4.34. The summed E-state index contributed by atoms with van der Waals surface area (Å²) < 4.78 is 0. The van der Waals surface area contributed by atoms with E-state index in [0.29, 0.717) is 19.3 Å². The minimum absolute atomic E-state index is 0.130. The smallest absolute Gasteiger partial charge is 0.307 e. The molecular weight excluding hydrogens is 204 g/mol.